The van der Waals surface area contributed by atoms with E-state index in [1.54, 1.807) is 0 Å². The lowest BCUT2D eigenvalue weighted by Crippen LogP contribution is -2.53. The molecule has 2 aliphatic heterocycles. The molecule has 3 unspecified atom stereocenters. The molecule has 3 atom stereocenters. The van der Waals surface area contributed by atoms with Gasteiger partial charge in [0.2, 0.25) is 5.91 Å². The van der Waals surface area contributed by atoms with Crippen LogP contribution in [0.25, 0.3) is 0 Å². The van der Waals surface area contributed by atoms with Gasteiger partial charge in [-0.2, -0.15) is 0 Å². The summed E-state index contributed by atoms with van der Waals surface area (Å²) in [4.78, 5) is 16.6. The second kappa shape index (κ2) is 6.68. The topological polar surface area (TPSA) is 58.8 Å². The first-order chi connectivity index (χ1) is 9.10. The largest absolute Gasteiger partial charge is 0.372 e. The van der Waals surface area contributed by atoms with Gasteiger partial charge in [-0.25, -0.2) is 0 Å². The van der Waals surface area contributed by atoms with E-state index in [1.165, 1.54) is 12.8 Å². The normalized spacial score (nSPS) is 33.4. The second-order valence-electron chi connectivity index (χ2n) is 5.91. The summed E-state index contributed by atoms with van der Waals surface area (Å²) in [6.07, 6.45) is 3.82. The maximum absolute atomic E-state index is 12.4. The van der Waals surface area contributed by atoms with Crippen molar-refractivity contribution in [2.24, 2.45) is 5.73 Å². The van der Waals surface area contributed by atoms with Crippen molar-refractivity contribution in [3.63, 3.8) is 0 Å². The fourth-order valence-corrected chi connectivity index (χ4v) is 3.19. The van der Waals surface area contributed by atoms with E-state index in [0.29, 0.717) is 32.2 Å². The highest BCUT2D eigenvalue weighted by Crippen LogP contribution is 2.17. The maximum Gasteiger partial charge on any atom is 0.236 e. The number of likely N-dealkylation sites (tertiary alicyclic amines) is 1. The summed E-state index contributed by atoms with van der Waals surface area (Å²) in [7, 11) is 0. The van der Waals surface area contributed by atoms with Crippen molar-refractivity contribution in [1.29, 1.82) is 0 Å². The molecule has 1 amide bonds. The van der Waals surface area contributed by atoms with Crippen LogP contribution in [0.1, 0.15) is 33.1 Å². The molecule has 0 aromatic heterocycles. The monoisotopic (exact) mass is 269 g/mol. The fraction of sp³-hybridized carbons (Fsp3) is 0.929. The quantitative estimate of drug-likeness (QED) is 0.807. The van der Waals surface area contributed by atoms with Gasteiger partial charge < -0.3 is 15.4 Å². The highest BCUT2D eigenvalue weighted by atomic mass is 16.5. The van der Waals surface area contributed by atoms with Crippen LogP contribution in [0, 0.1) is 0 Å². The number of carbonyl (C=O) groups excluding carboxylic acids is 1. The van der Waals surface area contributed by atoms with Gasteiger partial charge in [0.15, 0.2) is 0 Å². The molecule has 0 aromatic rings. The molecule has 2 aliphatic rings. The van der Waals surface area contributed by atoms with E-state index in [1.807, 2.05) is 18.7 Å². The van der Waals surface area contributed by atoms with Crippen LogP contribution in [0.15, 0.2) is 0 Å². The van der Waals surface area contributed by atoms with Crippen molar-refractivity contribution in [1.82, 2.24) is 9.80 Å². The third-order valence-corrected chi connectivity index (χ3v) is 4.13. The zero-order valence-electron chi connectivity index (χ0n) is 12.2. The van der Waals surface area contributed by atoms with Crippen molar-refractivity contribution in [3.05, 3.63) is 0 Å². The van der Waals surface area contributed by atoms with Gasteiger partial charge in [0.1, 0.15) is 0 Å². The van der Waals surface area contributed by atoms with Crippen molar-refractivity contribution in [3.8, 4) is 0 Å². The van der Waals surface area contributed by atoms with Crippen LogP contribution in [0.2, 0.25) is 0 Å². The Labute approximate surface area is 116 Å². The van der Waals surface area contributed by atoms with Gasteiger partial charge in [-0.1, -0.05) is 6.42 Å². The number of hydrogen-bond acceptors (Lipinski definition) is 4. The molecule has 0 aliphatic carbocycles. The number of piperidine rings is 1. The molecule has 0 radical (unpaired) electrons. The Morgan fingerprint density at radius 3 is 2.58 bits per heavy atom. The van der Waals surface area contributed by atoms with E-state index in [2.05, 4.69) is 4.90 Å². The number of nitrogens with two attached hydrogens (primary N) is 1. The summed E-state index contributed by atoms with van der Waals surface area (Å²) in [5, 5.41) is 0. The number of morpholine rings is 1. The third kappa shape index (κ3) is 3.91. The standard InChI is InChI=1S/C14H27N3O2/c1-11-8-17(9-12(2)19-11)14(18)10-16-6-4-3-5-13(16)7-15/h11-13H,3-10,15H2,1-2H3. The zero-order valence-corrected chi connectivity index (χ0v) is 12.2. The molecule has 0 spiro atoms. The Kier molecular flexibility index (Phi) is 5.19. The molecule has 0 bridgehead atoms. The molecule has 5 nitrogen and oxygen atoms in total. The Balaban J connectivity index is 1.88. The Hall–Kier alpha value is -0.650. The zero-order chi connectivity index (χ0) is 13.8. The van der Waals surface area contributed by atoms with Crippen LogP contribution in [-0.4, -0.2) is 66.7 Å². The lowest BCUT2D eigenvalue weighted by atomic mass is 10.0. The van der Waals surface area contributed by atoms with E-state index in [4.69, 9.17) is 10.5 Å². The lowest BCUT2D eigenvalue weighted by molar-refractivity contribution is -0.145. The maximum atomic E-state index is 12.4. The number of ether oxygens (including phenoxy) is 1. The predicted molar refractivity (Wildman–Crippen MR) is 74.9 cm³/mol. The van der Waals surface area contributed by atoms with Gasteiger partial charge in [-0.3, -0.25) is 9.69 Å². The highest BCUT2D eigenvalue weighted by Gasteiger charge is 2.29. The Morgan fingerprint density at radius 2 is 1.95 bits per heavy atom. The molecular weight excluding hydrogens is 242 g/mol. The van der Waals surface area contributed by atoms with Crippen LogP contribution < -0.4 is 5.73 Å². The average Bonchev–Trinajstić information content (AvgIpc) is 2.38. The van der Waals surface area contributed by atoms with Gasteiger partial charge in [-0.05, 0) is 33.2 Å². The molecule has 110 valence electrons. The number of amides is 1. The summed E-state index contributed by atoms with van der Waals surface area (Å²) < 4.78 is 5.67. The lowest BCUT2D eigenvalue weighted by Gasteiger charge is -2.39. The minimum atomic E-state index is 0.138. The minimum absolute atomic E-state index is 0.138. The smallest absolute Gasteiger partial charge is 0.236 e. The number of hydrogen-bond donors (Lipinski definition) is 1. The number of carbonyl (C=O) groups is 1. The molecule has 2 saturated heterocycles. The minimum Gasteiger partial charge on any atom is -0.372 e. The SMILES string of the molecule is CC1CN(C(=O)CN2CCCCC2CN)CC(C)O1. The van der Waals surface area contributed by atoms with E-state index >= 15 is 0 Å². The molecule has 0 saturated carbocycles. The molecule has 19 heavy (non-hydrogen) atoms. The molecule has 2 fully saturated rings. The third-order valence-electron chi connectivity index (χ3n) is 4.13. The molecule has 2 rings (SSSR count). The van der Waals surface area contributed by atoms with Gasteiger partial charge >= 0.3 is 0 Å². The first-order valence-corrected chi connectivity index (χ1v) is 7.47. The van der Waals surface area contributed by atoms with Gasteiger partial charge in [-0.15, -0.1) is 0 Å². The van der Waals surface area contributed by atoms with Gasteiger partial charge in [0, 0.05) is 25.7 Å². The van der Waals surface area contributed by atoms with Crippen molar-refractivity contribution < 1.29 is 9.53 Å². The first kappa shape index (κ1) is 14.8. The molecule has 2 N–H and O–H groups in total. The predicted octanol–water partition coefficient (Wildman–Crippen LogP) is 0.435. The highest BCUT2D eigenvalue weighted by molar-refractivity contribution is 5.78. The van der Waals surface area contributed by atoms with E-state index < -0.39 is 0 Å². The molecule has 2 heterocycles. The van der Waals surface area contributed by atoms with Crippen LogP contribution >= 0.6 is 0 Å². The van der Waals surface area contributed by atoms with Crippen molar-refractivity contribution >= 4 is 5.91 Å². The van der Waals surface area contributed by atoms with Gasteiger partial charge in [0.05, 0.1) is 18.8 Å². The van der Waals surface area contributed by atoms with E-state index in [-0.39, 0.29) is 18.1 Å². The molecule has 0 aromatic carbocycles. The van der Waals surface area contributed by atoms with Crippen molar-refractivity contribution in [2.45, 2.75) is 51.4 Å². The van der Waals surface area contributed by atoms with Gasteiger partial charge in [0.25, 0.3) is 0 Å². The van der Waals surface area contributed by atoms with Crippen LogP contribution in [0.4, 0.5) is 0 Å². The Bertz CT molecular complexity index is 301. The summed E-state index contributed by atoms with van der Waals surface area (Å²) in [5.41, 5.74) is 5.81. The summed E-state index contributed by atoms with van der Waals surface area (Å²) in [5.74, 6) is 0.224. The van der Waals surface area contributed by atoms with E-state index in [0.717, 1.165) is 13.0 Å². The Morgan fingerprint density at radius 1 is 1.26 bits per heavy atom. The van der Waals surface area contributed by atoms with Crippen molar-refractivity contribution in [2.75, 3.05) is 32.7 Å². The number of rotatable bonds is 3. The summed E-state index contributed by atoms with van der Waals surface area (Å²) >= 11 is 0. The van der Waals surface area contributed by atoms with Crippen LogP contribution in [0.3, 0.4) is 0 Å². The summed E-state index contributed by atoms with van der Waals surface area (Å²) in [6, 6.07) is 0.383. The van der Waals surface area contributed by atoms with Crippen LogP contribution in [0.5, 0.6) is 0 Å². The molecule has 5 heteroatoms. The second-order valence-corrected chi connectivity index (χ2v) is 5.91. The number of nitrogens with zero attached hydrogens (tertiary/aromatic N) is 2. The summed E-state index contributed by atoms with van der Waals surface area (Å²) in [6.45, 7) is 7.65. The van der Waals surface area contributed by atoms with Crippen LogP contribution in [-0.2, 0) is 9.53 Å². The first-order valence-electron chi connectivity index (χ1n) is 7.47. The average molecular weight is 269 g/mol. The fourth-order valence-electron chi connectivity index (χ4n) is 3.19. The molecular formula is C14H27N3O2. The van der Waals surface area contributed by atoms with E-state index in [9.17, 15) is 4.79 Å².